The van der Waals surface area contributed by atoms with Gasteiger partial charge in [0.25, 0.3) is 0 Å². The summed E-state index contributed by atoms with van der Waals surface area (Å²) in [6.45, 7) is 2.22. The van der Waals surface area contributed by atoms with Gasteiger partial charge in [0, 0.05) is 52.2 Å². The van der Waals surface area contributed by atoms with Crippen molar-refractivity contribution in [1.82, 2.24) is 19.4 Å². The summed E-state index contributed by atoms with van der Waals surface area (Å²) in [4.78, 5) is 29.2. The van der Waals surface area contributed by atoms with Gasteiger partial charge >= 0.3 is 6.03 Å². The lowest BCUT2D eigenvalue weighted by Crippen LogP contribution is -2.53. The number of carbonyl (C=O) groups is 2. The Morgan fingerprint density at radius 2 is 1.72 bits per heavy atom. The van der Waals surface area contributed by atoms with Crippen molar-refractivity contribution in [3.05, 3.63) is 30.3 Å². The molecule has 0 saturated carbocycles. The maximum atomic E-state index is 13.0. The van der Waals surface area contributed by atoms with E-state index in [9.17, 15) is 18.0 Å². The fourth-order valence-corrected chi connectivity index (χ4v) is 6.81. The summed E-state index contributed by atoms with van der Waals surface area (Å²) in [5.41, 5.74) is -1.01. The summed E-state index contributed by atoms with van der Waals surface area (Å²) in [5, 5.41) is 2.96. The first-order chi connectivity index (χ1) is 13.7. The number of hydrogen-bond acceptors (Lipinski definition) is 4. The standard InChI is InChI=1S/C20H28N4O4S/c1-22(2)18(26)23-14-19(20(15-23)8-11-21-17(20)25)9-12-24(13-10-19)29(27,28)16-6-4-3-5-7-16/h3-7H,8-15H2,1-2H3,(H,21,25). The van der Waals surface area contributed by atoms with Crippen LogP contribution in [0, 0.1) is 10.8 Å². The predicted octanol–water partition coefficient (Wildman–Crippen LogP) is 0.961. The summed E-state index contributed by atoms with van der Waals surface area (Å²) in [5.74, 6) is 0.00548. The van der Waals surface area contributed by atoms with E-state index in [-0.39, 0.29) is 17.4 Å². The van der Waals surface area contributed by atoms with Gasteiger partial charge in [-0.1, -0.05) is 18.2 Å². The maximum Gasteiger partial charge on any atom is 0.319 e. The number of urea groups is 1. The van der Waals surface area contributed by atoms with Gasteiger partial charge in [-0.15, -0.1) is 0 Å². The molecule has 3 amide bonds. The van der Waals surface area contributed by atoms with Crippen molar-refractivity contribution in [2.75, 3.05) is 46.8 Å². The molecule has 1 aromatic rings. The third-order valence-corrected chi connectivity index (χ3v) is 8.87. The first-order valence-corrected chi connectivity index (χ1v) is 11.5. The Labute approximate surface area is 171 Å². The minimum Gasteiger partial charge on any atom is -0.356 e. The van der Waals surface area contributed by atoms with Crippen LogP contribution in [0.4, 0.5) is 4.79 Å². The van der Waals surface area contributed by atoms with Gasteiger partial charge in [-0.05, 0) is 31.4 Å². The highest BCUT2D eigenvalue weighted by Gasteiger charge is 2.64. The van der Waals surface area contributed by atoms with Crippen molar-refractivity contribution >= 4 is 22.0 Å². The molecule has 158 valence electrons. The number of carbonyl (C=O) groups excluding carboxylic acids is 2. The molecule has 1 N–H and O–H groups in total. The van der Waals surface area contributed by atoms with Gasteiger partial charge in [0.2, 0.25) is 15.9 Å². The minimum atomic E-state index is -3.56. The van der Waals surface area contributed by atoms with E-state index in [0.717, 1.165) is 0 Å². The molecule has 1 unspecified atom stereocenters. The fraction of sp³-hybridized carbons (Fsp3) is 0.600. The van der Waals surface area contributed by atoms with Crippen LogP contribution in [0.25, 0.3) is 0 Å². The molecule has 0 aromatic heterocycles. The maximum absolute atomic E-state index is 13.0. The second kappa shape index (κ2) is 6.98. The number of nitrogens with zero attached hydrogens (tertiary/aromatic N) is 3. The Hall–Kier alpha value is -2.13. The molecule has 29 heavy (non-hydrogen) atoms. The summed E-state index contributed by atoms with van der Waals surface area (Å²) in [6, 6.07) is 8.36. The molecule has 0 bridgehead atoms. The number of sulfonamides is 1. The molecule has 3 aliphatic rings. The normalized spacial score (nSPS) is 26.8. The Morgan fingerprint density at radius 1 is 1.07 bits per heavy atom. The zero-order chi connectivity index (χ0) is 20.9. The molecule has 3 aliphatic heterocycles. The van der Waals surface area contributed by atoms with Crippen LogP contribution in [0.5, 0.6) is 0 Å². The number of hydrogen-bond donors (Lipinski definition) is 1. The average Bonchev–Trinajstić information content (AvgIpc) is 3.24. The second-order valence-corrected chi connectivity index (χ2v) is 10.6. The summed E-state index contributed by atoms with van der Waals surface area (Å²) in [7, 11) is -0.132. The molecule has 2 spiro atoms. The molecule has 0 aliphatic carbocycles. The summed E-state index contributed by atoms with van der Waals surface area (Å²) in [6.07, 6.45) is 1.84. The van der Waals surface area contributed by atoms with Crippen LogP contribution in [0.3, 0.4) is 0 Å². The number of amides is 3. The first kappa shape index (κ1) is 20.2. The van der Waals surface area contributed by atoms with Gasteiger partial charge in [-0.3, -0.25) is 4.79 Å². The third kappa shape index (κ3) is 3.02. The fourth-order valence-electron chi connectivity index (χ4n) is 5.35. The molecule has 3 heterocycles. The number of rotatable bonds is 2. The Morgan fingerprint density at radius 3 is 2.28 bits per heavy atom. The number of likely N-dealkylation sites (tertiary alicyclic amines) is 1. The Kier molecular flexibility index (Phi) is 4.85. The van der Waals surface area contributed by atoms with Gasteiger partial charge in [-0.25, -0.2) is 13.2 Å². The summed E-state index contributed by atoms with van der Waals surface area (Å²) < 4.78 is 27.5. The van der Waals surface area contributed by atoms with Crippen molar-refractivity contribution < 1.29 is 18.0 Å². The van der Waals surface area contributed by atoms with E-state index in [1.807, 2.05) is 0 Å². The summed E-state index contributed by atoms with van der Waals surface area (Å²) >= 11 is 0. The van der Waals surface area contributed by atoms with Crippen molar-refractivity contribution in [3.8, 4) is 0 Å². The largest absolute Gasteiger partial charge is 0.356 e. The highest BCUT2D eigenvalue weighted by Crippen LogP contribution is 2.56. The van der Waals surface area contributed by atoms with E-state index in [1.165, 1.54) is 9.21 Å². The van der Waals surface area contributed by atoms with Crippen LogP contribution >= 0.6 is 0 Å². The van der Waals surface area contributed by atoms with Crippen molar-refractivity contribution in [2.45, 2.75) is 24.2 Å². The molecule has 9 heteroatoms. The third-order valence-electron chi connectivity index (χ3n) is 6.96. The van der Waals surface area contributed by atoms with Crippen LogP contribution in [0.1, 0.15) is 19.3 Å². The molecule has 3 fully saturated rings. The van der Waals surface area contributed by atoms with Crippen LogP contribution < -0.4 is 5.32 Å². The molecule has 8 nitrogen and oxygen atoms in total. The number of fused-ring (bicyclic) bond motifs is 1. The molecular weight excluding hydrogens is 392 g/mol. The highest BCUT2D eigenvalue weighted by molar-refractivity contribution is 7.89. The highest BCUT2D eigenvalue weighted by atomic mass is 32.2. The zero-order valence-corrected chi connectivity index (χ0v) is 17.7. The quantitative estimate of drug-likeness (QED) is 0.772. The molecule has 3 saturated heterocycles. The van der Waals surface area contributed by atoms with Gasteiger partial charge in [0.05, 0.1) is 10.3 Å². The van der Waals surface area contributed by atoms with E-state index >= 15 is 0 Å². The molecule has 0 radical (unpaired) electrons. The SMILES string of the molecule is CN(C)C(=O)N1CC2(CCN(S(=O)(=O)c3ccccc3)CC2)C2(CCNC2=O)C1. The van der Waals surface area contributed by atoms with E-state index in [4.69, 9.17) is 0 Å². The van der Waals surface area contributed by atoms with Crippen molar-refractivity contribution in [2.24, 2.45) is 10.8 Å². The Bertz CT molecular complexity index is 910. The van der Waals surface area contributed by atoms with Gasteiger partial charge < -0.3 is 15.1 Å². The lowest BCUT2D eigenvalue weighted by Gasteiger charge is -2.45. The number of nitrogens with one attached hydrogen (secondary N) is 1. The van der Waals surface area contributed by atoms with E-state index < -0.39 is 15.4 Å². The van der Waals surface area contributed by atoms with Gasteiger partial charge in [0.1, 0.15) is 0 Å². The molecule has 1 aromatic carbocycles. The smallest absolute Gasteiger partial charge is 0.319 e. The monoisotopic (exact) mass is 420 g/mol. The first-order valence-electron chi connectivity index (χ1n) is 10.0. The van der Waals surface area contributed by atoms with Gasteiger partial charge in [-0.2, -0.15) is 4.31 Å². The van der Waals surface area contributed by atoms with E-state index in [2.05, 4.69) is 5.32 Å². The van der Waals surface area contributed by atoms with Crippen molar-refractivity contribution in [1.29, 1.82) is 0 Å². The van der Waals surface area contributed by atoms with Crippen LogP contribution in [-0.4, -0.2) is 81.3 Å². The lowest BCUT2D eigenvalue weighted by molar-refractivity contribution is -0.133. The van der Waals surface area contributed by atoms with E-state index in [1.54, 1.807) is 49.3 Å². The lowest BCUT2D eigenvalue weighted by atomic mass is 9.60. The van der Waals surface area contributed by atoms with E-state index in [0.29, 0.717) is 56.9 Å². The van der Waals surface area contributed by atoms with Crippen molar-refractivity contribution in [3.63, 3.8) is 0 Å². The molecular formula is C20H28N4O4S. The Balaban J connectivity index is 1.60. The zero-order valence-electron chi connectivity index (χ0n) is 16.9. The molecule has 1 atom stereocenters. The molecule has 4 rings (SSSR count). The predicted molar refractivity (Wildman–Crippen MR) is 108 cm³/mol. The van der Waals surface area contributed by atoms with Crippen LogP contribution in [0.2, 0.25) is 0 Å². The minimum absolute atomic E-state index is 0.00548. The van der Waals surface area contributed by atoms with Crippen LogP contribution in [0.15, 0.2) is 35.2 Å². The topological polar surface area (TPSA) is 90.0 Å². The number of benzene rings is 1. The number of piperidine rings is 1. The van der Waals surface area contributed by atoms with Gasteiger partial charge in [0.15, 0.2) is 0 Å². The second-order valence-electron chi connectivity index (χ2n) is 8.62. The van der Waals surface area contributed by atoms with Crippen LogP contribution in [-0.2, 0) is 14.8 Å². The average molecular weight is 421 g/mol.